The first-order valence-electron chi connectivity index (χ1n) is 10.3. The number of aryl methyl sites for hydroxylation is 1. The fourth-order valence-electron chi connectivity index (χ4n) is 4.49. The molecule has 5 rings (SSSR count). The van der Waals surface area contributed by atoms with Crippen LogP contribution in [0.4, 0.5) is 28.2 Å². The van der Waals surface area contributed by atoms with Crippen molar-refractivity contribution in [2.75, 3.05) is 18.8 Å². The molecular formula is C22H20F4N6O. The zero-order valence-corrected chi connectivity index (χ0v) is 17.4. The second-order valence-corrected chi connectivity index (χ2v) is 8.46. The highest BCUT2D eigenvalue weighted by Crippen LogP contribution is 2.44. The van der Waals surface area contributed by atoms with Gasteiger partial charge in [0.25, 0.3) is 0 Å². The van der Waals surface area contributed by atoms with Crippen LogP contribution in [0.15, 0.2) is 42.6 Å². The van der Waals surface area contributed by atoms with Crippen LogP contribution in [0.3, 0.4) is 0 Å². The van der Waals surface area contributed by atoms with Crippen LogP contribution in [-0.2, 0) is 24.7 Å². The summed E-state index contributed by atoms with van der Waals surface area (Å²) in [6.45, 7) is 1.88. The molecule has 11 heteroatoms. The summed E-state index contributed by atoms with van der Waals surface area (Å²) in [5.74, 6) is -0.910. The molecule has 0 saturated carbocycles. The number of anilines is 1. The summed E-state index contributed by atoms with van der Waals surface area (Å²) in [4.78, 5) is 17.9. The lowest BCUT2D eigenvalue weighted by atomic mass is 9.76. The third kappa shape index (κ3) is 3.77. The van der Waals surface area contributed by atoms with Crippen molar-refractivity contribution in [3.63, 3.8) is 0 Å². The predicted octanol–water partition coefficient (Wildman–Crippen LogP) is 3.55. The molecule has 33 heavy (non-hydrogen) atoms. The first-order valence-corrected chi connectivity index (χ1v) is 10.3. The molecule has 3 aromatic rings. The standard InChI is InChI=1S/C22H20F4N6O/c23-15-3-1-13(2-4-15)9-29-20(33)31-11-21(12-31)5-6-32-18(21)8-17(30-32)14-7-16(22(24,25)26)19(27)28-10-14/h1-4,7-8,10H,5-6,9,11-12H2,(H2,27,28)(H,29,33). The number of likely N-dealkylation sites (tertiary alicyclic amines) is 1. The molecule has 0 aliphatic carbocycles. The third-order valence-electron chi connectivity index (χ3n) is 6.28. The summed E-state index contributed by atoms with van der Waals surface area (Å²) >= 11 is 0. The Bertz CT molecular complexity index is 1210. The molecule has 0 unspecified atom stereocenters. The largest absolute Gasteiger partial charge is 0.419 e. The number of nitrogen functional groups attached to an aromatic ring is 1. The van der Waals surface area contributed by atoms with E-state index in [2.05, 4.69) is 15.4 Å². The average Bonchev–Trinajstić information content (AvgIpc) is 3.31. The van der Waals surface area contributed by atoms with Crippen molar-refractivity contribution < 1.29 is 22.4 Å². The van der Waals surface area contributed by atoms with Crippen molar-refractivity contribution in [3.05, 3.63) is 65.2 Å². The van der Waals surface area contributed by atoms with Gasteiger partial charge in [-0.15, -0.1) is 0 Å². The van der Waals surface area contributed by atoms with Crippen LogP contribution >= 0.6 is 0 Å². The van der Waals surface area contributed by atoms with Gasteiger partial charge in [-0.2, -0.15) is 18.3 Å². The number of fused-ring (bicyclic) bond motifs is 2. The van der Waals surface area contributed by atoms with E-state index in [1.165, 1.54) is 18.3 Å². The van der Waals surface area contributed by atoms with Gasteiger partial charge < -0.3 is 16.0 Å². The molecule has 1 saturated heterocycles. The highest BCUT2D eigenvalue weighted by molar-refractivity contribution is 5.76. The highest BCUT2D eigenvalue weighted by Gasteiger charge is 2.51. The second-order valence-electron chi connectivity index (χ2n) is 8.46. The Hall–Kier alpha value is -3.63. The molecule has 2 aliphatic heterocycles. The molecule has 7 nitrogen and oxygen atoms in total. The van der Waals surface area contributed by atoms with Gasteiger partial charge in [-0.05, 0) is 36.2 Å². The smallest absolute Gasteiger partial charge is 0.383 e. The van der Waals surface area contributed by atoms with E-state index in [1.54, 1.807) is 27.8 Å². The van der Waals surface area contributed by atoms with Crippen molar-refractivity contribution in [2.24, 2.45) is 0 Å². The number of rotatable bonds is 3. The number of alkyl halides is 3. The van der Waals surface area contributed by atoms with Gasteiger partial charge in [-0.1, -0.05) is 12.1 Å². The number of nitrogens with zero attached hydrogens (tertiary/aromatic N) is 4. The Morgan fingerprint density at radius 2 is 1.91 bits per heavy atom. The minimum Gasteiger partial charge on any atom is -0.383 e. The zero-order valence-electron chi connectivity index (χ0n) is 17.4. The number of pyridine rings is 1. The van der Waals surface area contributed by atoms with Crippen LogP contribution in [0.5, 0.6) is 0 Å². The van der Waals surface area contributed by atoms with Gasteiger partial charge in [-0.25, -0.2) is 14.2 Å². The zero-order chi connectivity index (χ0) is 23.4. The maximum Gasteiger partial charge on any atom is 0.419 e. The maximum atomic E-state index is 13.2. The number of urea groups is 1. The number of amides is 2. The summed E-state index contributed by atoms with van der Waals surface area (Å²) in [6.07, 6.45) is -2.52. The lowest BCUT2D eigenvalue weighted by Crippen LogP contribution is -2.62. The molecule has 1 aromatic carbocycles. The van der Waals surface area contributed by atoms with Gasteiger partial charge in [0.05, 0.1) is 11.3 Å². The first kappa shape index (κ1) is 21.2. The molecule has 4 heterocycles. The van der Waals surface area contributed by atoms with Crippen molar-refractivity contribution in [2.45, 2.75) is 31.1 Å². The first-order chi connectivity index (χ1) is 15.6. The molecule has 0 bridgehead atoms. The number of hydrogen-bond acceptors (Lipinski definition) is 4. The Morgan fingerprint density at radius 3 is 2.61 bits per heavy atom. The topological polar surface area (TPSA) is 89.1 Å². The van der Waals surface area contributed by atoms with E-state index in [9.17, 15) is 22.4 Å². The van der Waals surface area contributed by atoms with E-state index in [0.29, 0.717) is 25.3 Å². The van der Waals surface area contributed by atoms with Crippen LogP contribution in [0.2, 0.25) is 0 Å². The van der Waals surface area contributed by atoms with E-state index >= 15 is 0 Å². The van der Waals surface area contributed by atoms with Gasteiger partial charge in [0.2, 0.25) is 0 Å². The average molecular weight is 460 g/mol. The highest BCUT2D eigenvalue weighted by atomic mass is 19.4. The van der Waals surface area contributed by atoms with E-state index in [4.69, 9.17) is 5.73 Å². The number of aromatic nitrogens is 3. The molecule has 0 atom stereocenters. The van der Waals surface area contributed by atoms with E-state index in [-0.39, 0.29) is 29.4 Å². The number of halogens is 4. The van der Waals surface area contributed by atoms with Crippen molar-refractivity contribution in [3.8, 4) is 11.3 Å². The summed E-state index contributed by atoms with van der Waals surface area (Å²) in [7, 11) is 0. The summed E-state index contributed by atoms with van der Waals surface area (Å²) in [5, 5.41) is 7.29. The van der Waals surface area contributed by atoms with Crippen LogP contribution in [0.25, 0.3) is 11.3 Å². The molecule has 2 aromatic heterocycles. The van der Waals surface area contributed by atoms with Crippen LogP contribution in [-0.4, -0.2) is 38.8 Å². The normalized spacial score (nSPS) is 16.5. The Labute approximate surface area is 186 Å². The predicted molar refractivity (Wildman–Crippen MR) is 111 cm³/mol. The van der Waals surface area contributed by atoms with Crippen molar-refractivity contribution in [1.82, 2.24) is 25.0 Å². The number of nitrogens with one attached hydrogen (secondary N) is 1. The molecule has 0 radical (unpaired) electrons. The fourth-order valence-corrected chi connectivity index (χ4v) is 4.49. The molecule has 3 N–H and O–H groups in total. The van der Waals surface area contributed by atoms with E-state index in [1.807, 2.05) is 0 Å². The molecular weight excluding hydrogens is 440 g/mol. The summed E-state index contributed by atoms with van der Waals surface area (Å²) < 4.78 is 54.4. The molecule has 1 fully saturated rings. The number of carbonyl (C=O) groups excluding carboxylic acids is 1. The second kappa shape index (κ2) is 7.46. The van der Waals surface area contributed by atoms with Gasteiger partial charge >= 0.3 is 12.2 Å². The van der Waals surface area contributed by atoms with E-state index < -0.39 is 17.6 Å². The van der Waals surface area contributed by atoms with Gasteiger partial charge in [0, 0.05) is 49.0 Å². The Kier molecular flexibility index (Phi) is 4.80. The Morgan fingerprint density at radius 1 is 1.18 bits per heavy atom. The SMILES string of the molecule is Nc1ncc(-c2cc3n(n2)CCC32CN(C(=O)NCc3ccc(F)cc3)C2)cc1C(F)(F)F. The Balaban J connectivity index is 1.28. The van der Waals surface area contributed by atoms with Gasteiger partial charge in [0.1, 0.15) is 11.6 Å². The lowest BCUT2D eigenvalue weighted by Gasteiger charge is -2.47. The minimum atomic E-state index is -4.60. The van der Waals surface area contributed by atoms with E-state index in [0.717, 1.165) is 23.7 Å². The van der Waals surface area contributed by atoms with Crippen LogP contribution in [0, 0.1) is 5.82 Å². The maximum absolute atomic E-state index is 13.2. The minimum absolute atomic E-state index is 0.222. The van der Waals surface area contributed by atoms with Crippen LogP contribution < -0.4 is 11.1 Å². The number of hydrogen-bond donors (Lipinski definition) is 2. The fraction of sp³-hybridized carbons (Fsp3) is 0.318. The van der Waals surface area contributed by atoms with Crippen molar-refractivity contribution >= 4 is 11.8 Å². The number of nitrogens with two attached hydrogens (primary N) is 1. The van der Waals surface area contributed by atoms with Crippen molar-refractivity contribution in [1.29, 1.82) is 0 Å². The summed E-state index contributed by atoms with van der Waals surface area (Å²) in [6, 6.07) is 8.41. The van der Waals surface area contributed by atoms with Gasteiger partial charge in [-0.3, -0.25) is 4.68 Å². The third-order valence-corrected chi connectivity index (χ3v) is 6.28. The molecule has 172 valence electrons. The lowest BCUT2D eigenvalue weighted by molar-refractivity contribution is -0.137. The monoisotopic (exact) mass is 460 g/mol. The quantitative estimate of drug-likeness (QED) is 0.585. The van der Waals surface area contributed by atoms with Crippen LogP contribution in [0.1, 0.15) is 23.2 Å². The summed E-state index contributed by atoms with van der Waals surface area (Å²) in [5.41, 5.74) is 6.45. The number of carbonyl (C=O) groups is 1. The molecule has 2 aliphatic rings. The van der Waals surface area contributed by atoms with Gasteiger partial charge in [0.15, 0.2) is 0 Å². The number of benzene rings is 1. The molecule has 2 amide bonds. The molecule has 1 spiro atoms.